The maximum Gasteiger partial charge on any atom is 0.0540 e. The van der Waals surface area contributed by atoms with Crippen LogP contribution in [0.25, 0.3) is 0 Å². The molecule has 1 aliphatic carbocycles. The van der Waals surface area contributed by atoms with E-state index in [4.69, 9.17) is 0 Å². The van der Waals surface area contributed by atoms with E-state index in [0.29, 0.717) is 6.04 Å². The highest BCUT2D eigenvalue weighted by atomic mass is 16.3. The van der Waals surface area contributed by atoms with Gasteiger partial charge in [0.25, 0.3) is 0 Å². The zero-order valence-electron chi connectivity index (χ0n) is 13.4. The van der Waals surface area contributed by atoms with E-state index in [1.165, 1.54) is 44.1 Å². The van der Waals surface area contributed by atoms with E-state index in [9.17, 15) is 5.11 Å². The number of rotatable bonds is 8. The van der Waals surface area contributed by atoms with Gasteiger partial charge in [-0.25, -0.2) is 0 Å². The van der Waals surface area contributed by atoms with Gasteiger partial charge in [0.1, 0.15) is 0 Å². The maximum atomic E-state index is 9.61. The molecule has 1 saturated carbocycles. The Balaban J connectivity index is 1.83. The van der Waals surface area contributed by atoms with Crippen molar-refractivity contribution >= 4 is 0 Å². The summed E-state index contributed by atoms with van der Waals surface area (Å²) in [6, 6.07) is 11.4. The summed E-state index contributed by atoms with van der Waals surface area (Å²) in [6.07, 6.45) is 9.39. The van der Waals surface area contributed by atoms with Gasteiger partial charge in [-0.15, -0.1) is 0 Å². The molecule has 0 aromatic heterocycles. The average Bonchev–Trinajstić information content (AvgIpc) is 2.53. The van der Waals surface area contributed by atoms with E-state index in [-0.39, 0.29) is 6.10 Å². The molecule has 0 saturated heterocycles. The van der Waals surface area contributed by atoms with Crippen LogP contribution >= 0.6 is 0 Å². The number of benzene rings is 1. The van der Waals surface area contributed by atoms with E-state index in [1.54, 1.807) is 0 Å². The van der Waals surface area contributed by atoms with Crippen LogP contribution < -0.4 is 5.32 Å². The molecule has 1 aromatic rings. The van der Waals surface area contributed by atoms with E-state index < -0.39 is 0 Å². The molecule has 2 nitrogen and oxygen atoms in total. The topological polar surface area (TPSA) is 32.3 Å². The van der Waals surface area contributed by atoms with Gasteiger partial charge in [0.15, 0.2) is 0 Å². The Morgan fingerprint density at radius 2 is 1.81 bits per heavy atom. The fraction of sp³-hybridized carbons (Fsp3) is 0.684. The first kappa shape index (κ1) is 16.5. The zero-order chi connectivity index (χ0) is 14.9. The Bertz CT molecular complexity index is 370. The van der Waals surface area contributed by atoms with Crippen molar-refractivity contribution in [1.82, 2.24) is 5.32 Å². The maximum absolute atomic E-state index is 9.61. The highest BCUT2D eigenvalue weighted by Crippen LogP contribution is 2.25. The molecule has 1 aromatic carbocycles. The first-order valence-corrected chi connectivity index (χ1v) is 8.76. The number of aliphatic hydroxyl groups is 1. The second-order valence-corrected chi connectivity index (χ2v) is 6.54. The van der Waals surface area contributed by atoms with Crippen molar-refractivity contribution in [3.63, 3.8) is 0 Å². The summed E-state index contributed by atoms with van der Waals surface area (Å²) in [5, 5.41) is 13.4. The Labute approximate surface area is 130 Å². The molecule has 2 heteroatoms. The van der Waals surface area contributed by atoms with E-state index in [1.807, 2.05) is 0 Å². The first-order valence-electron chi connectivity index (χ1n) is 8.76. The predicted octanol–water partition coefficient (Wildman–Crippen LogP) is 4.45. The van der Waals surface area contributed by atoms with E-state index in [0.717, 1.165) is 25.3 Å². The van der Waals surface area contributed by atoms with Crippen LogP contribution in [0.3, 0.4) is 0 Å². The number of nitrogens with one attached hydrogen (secondary N) is 1. The Hall–Kier alpha value is -0.860. The summed E-state index contributed by atoms with van der Waals surface area (Å²) in [5.74, 6) is 0.741. The number of hydrogen-bond donors (Lipinski definition) is 2. The second-order valence-electron chi connectivity index (χ2n) is 6.54. The zero-order valence-corrected chi connectivity index (χ0v) is 13.4. The summed E-state index contributed by atoms with van der Waals surface area (Å²) < 4.78 is 0. The van der Waals surface area contributed by atoms with Gasteiger partial charge in [0.05, 0.1) is 6.10 Å². The van der Waals surface area contributed by atoms with Crippen LogP contribution in [0.5, 0.6) is 0 Å². The third-order valence-corrected chi connectivity index (χ3v) is 4.77. The van der Waals surface area contributed by atoms with Gasteiger partial charge in [-0.05, 0) is 50.1 Å². The third kappa shape index (κ3) is 5.80. The molecule has 1 aliphatic rings. The molecular formula is C19H31NO. The molecule has 2 rings (SSSR count). The van der Waals surface area contributed by atoms with Gasteiger partial charge >= 0.3 is 0 Å². The summed E-state index contributed by atoms with van der Waals surface area (Å²) in [4.78, 5) is 0. The number of hydrogen-bond acceptors (Lipinski definition) is 2. The van der Waals surface area contributed by atoms with Crippen LogP contribution in [0.1, 0.15) is 69.9 Å². The highest BCUT2D eigenvalue weighted by Gasteiger charge is 2.20. The standard InChI is InChI=1S/C19H31NO/c1-2-3-5-10-19(17-8-6-4-7-9-17)20-15-16-11-13-18(21)14-12-16/h4,6-9,16,18-21H,2-3,5,10-15H2,1H3. The molecular weight excluding hydrogens is 258 g/mol. The lowest BCUT2D eigenvalue weighted by atomic mass is 9.87. The molecule has 0 aliphatic heterocycles. The quantitative estimate of drug-likeness (QED) is 0.693. The van der Waals surface area contributed by atoms with Crippen LogP contribution in [-0.4, -0.2) is 17.8 Å². The summed E-state index contributed by atoms with van der Waals surface area (Å²) in [5.41, 5.74) is 1.42. The van der Waals surface area contributed by atoms with Gasteiger partial charge in [0, 0.05) is 6.04 Å². The monoisotopic (exact) mass is 289 g/mol. The normalized spacial score (nSPS) is 23.9. The highest BCUT2D eigenvalue weighted by molar-refractivity contribution is 5.18. The lowest BCUT2D eigenvalue weighted by Crippen LogP contribution is -2.30. The van der Waals surface area contributed by atoms with Crippen molar-refractivity contribution in [2.45, 2.75) is 70.4 Å². The van der Waals surface area contributed by atoms with Crippen LogP contribution in [0, 0.1) is 5.92 Å². The lowest BCUT2D eigenvalue weighted by Gasteiger charge is -2.28. The summed E-state index contributed by atoms with van der Waals surface area (Å²) in [7, 11) is 0. The molecule has 1 atom stereocenters. The van der Waals surface area contributed by atoms with E-state index in [2.05, 4.69) is 42.6 Å². The van der Waals surface area contributed by atoms with Crippen molar-refractivity contribution in [2.24, 2.45) is 5.92 Å². The minimum absolute atomic E-state index is 0.0456. The molecule has 21 heavy (non-hydrogen) atoms. The first-order chi connectivity index (χ1) is 10.3. The summed E-state index contributed by atoms with van der Waals surface area (Å²) in [6.45, 7) is 3.36. The molecule has 2 N–H and O–H groups in total. The minimum atomic E-state index is -0.0456. The van der Waals surface area contributed by atoms with Crippen molar-refractivity contribution in [3.8, 4) is 0 Å². The van der Waals surface area contributed by atoms with Crippen molar-refractivity contribution in [1.29, 1.82) is 0 Å². The fourth-order valence-corrected chi connectivity index (χ4v) is 3.33. The molecule has 0 amide bonds. The molecule has 118 valence electrons. The molecule has 1 fully saturated rings. The average molecular weight is 289 g/mol. The van der Waals surface area contributed by atoms with Gasteiger partial charge in [-0.1, -0.05) is 56.5 Å². The Morgan fingerprint density at radius 3 is 2.48 bits per heavy atom. The SMILES string of the molecule is CCCCCC(NCC1CCC(O)CC1)c1ccccc1. The van der Waals surface area contributed by atoms with Gasteiger partial charge in [-0.3, -0.25) is 0 Å². The van der Waals surface area contributed by atoms with Gasteiger partial charge < -0.3 is 10.4 Å². The predicted molar refractivity (Wildman–Crippen MR) is 89.3 cm³/mol. The van der Waals surface area contributed by atoms with Crippen LogP contribution in [-0.2, 0) is 0 Å². The molecule has 0 radical (unpaired) electrons. The largest absolute Gasteiger partial charge is 0.393 e. The van der Waals surface area contributed by atoms with Crippen LogP contribution in [0.2, 0.25) is 0 Å². The second kappa shape index (κ2) is 9.22. The smallest absolute Gasteiger partial charge is 0.0540 e. The number of aliphatic hydroxyl groups excluding tert-OH is 1. The Kier molecular flexibility index (Phi) is 7.25. The van der Waals surface area contributed by atoms with Gasteiger partial charge in [-0.2, -0.15) is 0 Å². The number of unbranched alkanes of at least 4 members (excludes halogenated alkanes) is 2. The third-order valence-electron chi connectivity index (χ3n) is 4.77. The van der Waals surface area contributed by atoms with Crippen LogP contribution in [0.15, 0.2) is 30.3 Å². The van der Waals surface area contributed by atoms with Crippen LogP contribution in [0.4, 0.5) is 0 Å². The van der Waals surface area contributed by atoms with E-state index >= 15 is 0 Å². The lowest BCUT2D eigenvalue weighted by molar-refractivity contribution is 0.107. The van der Waals surface area contributed by atoms with Crippen molar-refractivity contribution < 1.29 is 5.11 Å². The minimum Gasteiger partial charge on any atom is -0.393 e. The summed E-state index contributed by atoms with van der Waals surface area (Å²) >= 11 is 0. The van der Waals surface area contributed by atoms with Crippen molar-refractivity contribution in [3.05, 3.63) is 35.9 Å². The Morgan fingerprint density at radius 1 is 1.10 bits per heavy atom. The van der Waals surface area contributed by atoms with Crippen molar-refractivity contribution in [2.75, 3.05) is 6.54 Å². The molecule has 1 unspecified atom stereocenters. The van der Waals surface area contributed by atoms with Gasteiger partial charge in [0.2, 0.25) is 0 Å². The fourth-order valence-electron chi connectivity index (χ4n) is 3.33. The molecule has 0 spiro atoms. The molecule has 0 bridgehead atoms. The molecule has 0 heterocycles.